The standard InChI is InChI=1S/C20H22N6O2S2/c1-13-14(2)30-19(16(13)11-21)23-17(27)12-29-20-25-24-18(15-5-7-22-8-6-15)26(20)9-4-10-28-3/h5-8H,4,9-10,12H2,1-3H3,(H,23,27). The third-order valence-electron chi connectivity index (χ3n) is 4.47. The molecule has 3 aromatic heterocycles. The molecule has 1 amide bonds. The summed E-state index contributed by atoms with van der Waals surface area (Å²) in [6.45, 7) is 5.11. The van der Waals surface area contributed by atoms with Crippen molar-refractivity contribution in [3.8, 4) is 17.5 Å². The Morgan fingerprint density at radius 1 is 1.33 bits per heavy atom. The molecular formula is C20H22N6O2S2. The van der Waals surface area contributed by atoms with Crippen LogP contribution in [-0.4, -0.2) is 45.1 Å². The van der Waals surface area contributed by atoms with Gasteiger partial charge in [-0.2, -0.15) is 5.26 Å². The maximum atomic E-state index is 12.5. The number of anilines is 1. The number of hydrogen-bond donors (Lipinski definition) is 1. The second kappa shape index (κ2) is 10.3. The molecule has 3 heterocycles. The van der Waals surface area contributed by atoms with Crippen molar-refractivity contribution in [1.29, 1.82) is 5.26 Å². The van der Waals surface area contributed by atoms with Crippen LogP contribution in [0.15, 0.2) is 29.7 Å². The molecule has 10 heteroatoms. The van der Waals surface area contributed by atoms with Gasteiger partial charge in [0.1, 0.15) is 11.1 Å². The Balaban J connectivity index is 1.73. The molecule has 0 radical (unpaired) electrons. The smallest absolute Gasteiger partial charge is 0.235 e. The molecule has 3 rings (SSSR count). The molecule has 0 spiro atoms. The van der Waals surface area contributed by atoms with Gasteiger partial charge in [0, 0.05) is 43.1 Å². The van der Waals surface area contributed by atoms with Crippen LogP contribution in [0.3, 0.4) is 0 Å². The number of nitrogens with zero attached hydrogens (tertiary/aromatic N) is 5. The number of methoxy groups -OCH3 is 1. The van der Waals surface area contributed by atoms with Gasteiger partial charge in [-0.25, -0.2) is 0 Å². The van der Waals surface area contributed by atoms with Crippen molar-refractivity contribution in [2.45, 2.75) is 32.0 Å². The van der Waals surface area contributed by atoms with E-state index >= 15 is 0 Å². The summed E-state index contributed by atoms with van der Waals surface area (Å²) >= 11 is 2.73. The van der Waals surface area contributed by atoms with Crippen LogP contribution in [0.1, 0.15) is 22.4 Å². The average Bonchev–Trinajstić information content (AvgIpc) is 3.27. The van der Waals surface area contributed by atoms with E-state index in [0.29, 0.717) is 28.9 Å². The van der Waals surface area contributed by atoms with Crippen LogP contribution >= 0.6 is 23.1 Å². The first-order valence-corrected chi connectivity index (χ1v) is 11.1. The molecule has 1 N–H and O–H groups in total. The van der Waals surface area contributed by atoms with Crippen LogP contribution < -0.4 is 5.32 Å². The number of nitriles is 1. The molecule has 0 fully saturated rings. The summed E-state index contributed by atoms with van der Waals surface area (Å²) in [7, 11) is 1.67. The number of aryl methyl sites for hydroxylation is 1. The van der Waals surface area contributed by atoms with Gasteiger partial charge in [0.05, 0.1) is 11.3 Å². The number of pyridine rings is 1. The van der Waals surface area contributed by atoms with Gasteiger partial charge < -0.3 is 14.6 Å². The first kappa shape index (κ1) is 22.0. The molecule has 0 aromatic carbocycles. The molecule has 0 saturated heterocycles. The molecule has 0 aliphatic heterocycles. The van der Waals surface area contributed by atoms with E-state index in [0.717, 1.165) is 28.2 Å². The largest absolute Gasteiger partial charge is 0.385 e. The van der Waals surface area contributed by atoms with Gasteiger partial charge in [0.25, 0.3) is 0 Å². The van der Waals surface area contributed by atoms with Crippen molar-refractivity contribution in [3.63, 3.8) is 0 Å². The predicted molar refractivity (Wildman–Crippen MR) is 118 cm³/mol. The summed E-state index contributed by atoms with van der Waals surface area (Å²) in [4.78, 5) is 17.6. The number of rotatable bonds is 9. The van der Waals surface area contributed by atoms with Gasteiger partial charge in [0.2, 0.25) is 5.91 Å². The molecule has 30 heavy (non-hydrogen) atoms. The van der Waals surface area contributed by atoms with E-state index in [2.05, 4.69) is 26.6 Å². The summed E-state index contributed by atoms with van der Waals surface area (Å²) in [5.74, 6) is 0.710. The lowest BCUT2D eigenvalue weighted by molar-refractivity contribution is -0.113. The van der Waals surface area contributed by atoms with Crippen molar-refractivity contribution in [2.24, 2.45) is 0 Å². The number of carbonyl (C=O) groups excluding carboxylic acids is 1. The Hall–Kier alpha value is -2.74. The molecular weight excluding hydrogens is 420 g/mol. The minimum atomic E-state index is -0.186. The van der Waals surface area contributed by atoms with Gasteiger partial charge in [0.15, 0.2) is 11.0 Å². The monoisotopic (exact) mass is 442 g/mol. The fourth-order valence-electron chi connectivity index (χ4n) is 2.82. The SMILES string of the molecule is COCCCn1c(SCC(=O)Nc2sc(C)c(C)c2C#N)nnc1-c1ccncc1. The molecule has 0 atom stereocenters. The molecule has 3 aromatic rings. The first-order valence-electron chi connectivity index (χ1n) is 9.30. The minimum absolute atomic E-state index is 0.166. The topological polar surface area (TPSA) is 106 Å². The summed E-state index contributed by atoms with van der Waals surface area (Å²) in [5, 5.41) is 22.1. The van der Waals surface area contributed by atoms with Crippen LogP contribution in [0.4, 0.5) is 5.00 Å². The van der Waals surface area contributed by atoms with Gasteiger partial charge in [-0.3, -0.25) is 9.78 Å². The second-order valence-electron chi connectivity index (χ2n) is 6.48. The van der Waals surface area contributed by atoms with E-state index in [1.165, 1.54) is 23.1 Å². The zero-order valence-electron chi connectivity index (χ0n) is 17.0. The van der Waals surface area contributed by atoms with E-state index in [1.54, 1.807) is 19.5 Å². The van der Waals surface area contributed by atoms with E-state index in [-0.39, 0.29) is 11.7 Å². The van der Waals surface area contributed by atoms with Crippen LogP contribution in [0, 0.1) is 25.2 Å². The minimum Gasteiger partial charge on any atom is -0.385 e. The summed E-state index contributed by atoms with van der Waals surface area (Å²) in [5.41, 5.74) is 2.35. The maximum Gasteiger partial charge on any atom is 0.235 e. The quantitative estimate of drug-likeness (QED) is 0.398. The van der Waals surface area contributed by atoms with Gasteiger partial charge >= 0.3 is 0 Å². The molecule has 0 bridgehead atoms. The normalized spacial score (nSPS) is 10.7. The molecule has 0 aliphatic carbocycles. The Morgan fingerprint density at radius 2 is 2.10 bits per heavy atom. The first-order chi connectivity index (χ1) is 14.5. The summed E-state index contributed by atoms with van der Waals surface area (Å²) in [6.07, 6.45) is 4.22. The van der Waals surface area contributed by atoms with E-state index in [1.807, 2.05) is 30.5 Å². The van der Waals surface area contributed by atoms with Crippen molar-refractivity contribution in [2.75, 3.05) is 24.8 Å². The van der Waals surface area contributed by atoms with Crippen LogP contribution in [-0.2, 0) is 16.1 Å². The number of thioether (sulfide) groups is 1. The lowest BCUT2D eigenvalue weighted by Gasteiger charge is -2.10. The zero-order valence-corrected chi connectivity index (χ0v) is 18.6. The Morgan fingerprint density at radius 3 is 2.80 bits per heavy atom. The summed E-state index contributed by atoms with van der Waals surface area (Å²) < 4.78 is 7.16. The Labute approximate surface area is 183 Å². The Bertz CT molecular complexity index is 1060. The van der Waals surface area contributed by atoms with Crippen molar-refractivity contribution >= 4 is 34.0 Å². The van der Waals surface area contributed by atoms with Gasteiger partial charge in [-0.05, 0) is 38.0 Å². The van der Waals surface area contributed by atoms with Crippen LogP contribution in [0.5, 0.6) is 0 Å². The molecule has 156 valence electrons. The van der Waals surface area contributed by atoms with E-state index in [9.17, 15) is 10.1 Å². The van der Waals surface area contributed by atoms with Crippen molar-refractivity contribution in [3.05, 3.63) is 40.5 Å². The van der Waals surface area contributed by atoms with Gasteiger partial charge in [-0.1, -0.05) is 11.8 Å². The highest BCUT2D eigenvalue weighted by Gasteiger charge is 2.18. The molecule has 0 unspecified atom stereocenters. The number of aromatic nitrogens is 4. The number of hydrogen-bond acceptors (Lipinski definition) is 8. The number of thiophene rings is 1. The lowest BCUT2D eigenvalue weighted by atomic mass is 10.2. The third-order valence-corrected chi connectivity index (χ3v) is 6.56. The molecule has 0 saturated carbocycles. The second-order valence-corrected chi connectivity index (χ2v) is 8.64. The highest BCUT2D eigenvalue weighted by molar-refractivity contribution is 7.99. The van der Waals surface area contributed by atoms with Crippen molar-refractivity contribution < 1.29 is 9.53 Å². The highest BCUT2D eigenvalue weighted by atomic mass is 32.2. The van der Waals surface area contributed by atoms with E-state index in [4.69, 9.17) is 4.74 Å². The average molecular weight is 443 g/mol. The number of carbonyl (C=O) groups is 1. The number of nitrogens with one attached hydrogen (secondary N) is 1. The van der Waals surface area contributed by atoms with Crippen LogP contribution in [0.2, 0.25) is 0 Å². The predicted octanol–water partition coefficient (Wildman–Crippen LogP) is 3.66. The molecule has 0 aliphatic rings. The fourth-order valence-corrected chi connectivity index (χ4v) is 4.61. The molecule has 8 nitrogen and oxygen atoms in total. The third kappa shape index (κ3) is 5.05. The number of amides is 1. The zero-order chi connectivity index (χ0) is 21.5. The fraction of sp³-hybridized carbons (Fsp3) is 0.350. The van der Waals surface area contributed by atoms with E-state index < -0.39 is 0 Å². The number of ether oxygens (including phenoxy) is 1. The highest BCUT2D eigenvalue weighted by Crippen LogP contribution is 2.32. The Kier molecular flexibility index (Phi) is 7.57. The van der Waals surface area contributed by atoms with Crippen molar-refractivity contribution in [1.82, 2.24) is 19.7 Å². The lowest BCUT2D eigenvalue weighted by Crippen LogP contribution is -2.15. The summed E-state index contributed by atoms with van der Waals surface area (Å²) in [6, 6.07) is 5.92. The van der Waals surface area contributed by atoms with Gasteiger partial charge in [-0.15, -0.1) is 21.5 Å². The van der Waals surface area contributed by atoms with Crippen LogP contribution in [0.25, 0.3) is 11.4 Å². The maximum absolute atomic E-state index is 12.5.